The number of azide groups is 1. The Labute approximate surface area is 104 Å². The highest BCUT2D eigenvalue weighted by Gasteiger charge is 2.18. The minimum atomic E-state index is -1.19. The molecule has 98 valence electrons. The first-order chi connectivity index (χ1) is 8.63. The van der Waals surface area contributed by atoms with E-state index >= 15 is 0 Å². The van der Waals surface area contributed by atoms with Gasteiger partial charge in [-0.05, 0) is 17.2 Å². The molecule has 1 aromatic rings. The van der Waals surface area contributed by atoms with Gasteiger partial charge in [0.2, 0.25) is 0 Å². The van der Waals surface area contributed by atoms with Crippen molar-refractivity contribution < 1.29 is 20.1 Å². The number of aliphatic hydroxyl groups is 3. The van der Waals surface area contributed by atoms with Crippen LogP contribution >= 0.6 is 0 Å². The van der Waals surface area contributed by atoms with Crippen molar-refractivity contribution in [2.45, 2.75) is 18.8 Å². The van der Waals surface area contributed by atoms with E-state index in [4.69, 9.17) is 15.4 Å². The smallest absolute Gasteiger partial charge is 0.124 e. The summed E-state index contributed by atoms with van der Waals surface area (Å²) in [5.74, 6) is 0.421. The van der Waals surface area contributed by atoms with Gasteiger partial charge in [-0.3, -0.25) is 0 Å². The van der Waals surface area contributed by atoms with E-state index < -0.39 is 12.2 Å². The Bertz CT molecular complexity index is 446. The van der Waals surface area contributed by atoms with Crippen molar-refractivity contribution >= 4 is 0 Å². The van der Waals surface area contributed by atoms with E-state index in [0.29, 0.717) is 16.9 Å². The van der Waals surface area contributed by atoms with Gasteiger partial charge in [-0.1, -0.05) is 17.2 Å². The average molecular weight is 253 g/mol. The van der Waals surface area contributed by atoms with Gasteiger partial charge in [0, 0.05) is 10.5 Å². The minimum Gasteiger partial charge on any atom is -0.496 e. The Hall–Kier alpha value is -1.79. The SMILES string of the molecule is COc1cc(C(O)C(O)CN=[N+]=[N-])ccc1CO. The van der Waals surface area contributed by atoms with Crippen molar-refractivity contribution in [1.82, 2.24) is 0 Å². The van der Waals surface area contributed by atoms with E-state index in [9.17, 15) is 10.2 Å². The maximum absolute atomic E-state index is 9.85. The molecular formula is C11H15N3O4. The van der Waals surface area contributed by atoms with E-state index in [-0.39, 0.29) is 13.2 Å². The van der Waals surface area contributed by atoms with Crippen LogP contribution in [0.4, 0.5) is 0 Å². The number of methoxy groups -OCH3 is 1. The monoisotopic (exact) mass is 253 g/mol. The summed E-state index contributed by atoms with van der Waals surface area (Å²) in [6, 6.07) is 4.69. The number of aliphatic hydroxyl groups excluding tert-OH is 3. The molecule has 0 saturated heterocycles. The topological polar surface area (TPSA) is 119 Å². The van der Waals surface area contributed by atoms with Gasteiger partial charge in [0.1, 0.15) is 11.9 Å². The first-order valence-electron chi connectivity index (χ1n) is 5.28. The second-order valence-electron chi connectivity index (χ2n) is 3.66. The van der Waals surface area contributed by atoms with Crippen LogP contribution in [-0.2, 0) is 6.61 Å². The van der Waals surface area contributed by atoms with Gasteiger partial charge in [0.25, 0.3) is 0 Å². The molecule has 7 nitrogen and oxygen atoms in total. The average Bonchev–Trinajstić information content (AvgIpc) is 2.42. The quantitative estimate of drug-likeness (QED) is 0.396. The van der Waals surface area contributed by atoms with Crippen molar-refractivity contribution in [2.75, 3.05) is 13.7 Å². The Morgan fingerprint density at radius 3 is 2.72 bits per heavy atom. The molecule has 0 radical (unpaired) electrons. The minimum absolute atomic E-state index is 0.180. The molecule has 2 atom stereocenters. The van der Waals surface area contributed by atoms with Crippen molar-refractivity contribution in [3.8, 4) is 5.75 Å². The number of hydrogen-bond donors (Lipinski definition) is 3. The summed E-state index contributed by atoms with van der Waals surface area (Å²) >= 11 is 0. The van der Waals surface area contributed by atoms with Crippen LogP contribution in [0.2, 0.25) is 0 Å². The molecule has 0 amide bonds. The van der Waals surface area contributed by atoms with Gasteiger partial charge in [-0.15, -0.1) is 0 Å². The Kier molecular flexibility index (Phi) is 5.41. The summed E-state index contributed by atoms with van der Waals surface area (Å²) in [5, 5.41) is 31.7. The second-order valence-corrected chi connectivity index (χ2v) is 3.66. The van der Waals surface area contributed by atoms with Crippen LogP contribution in [0.3, 0.4) is 0 Å². The van der Waals surface area contributed by atoms with Crippen LogP contribution in [-0.4, -0.2) is 35.1 Å². The maximum Gasteiger partial charge on any atom is 0.124 e. The summed E-state index contributed by atoms with van der Waals surface area (Å²) in [5.41, 5.74) is 9.14. The van der Waals surface area contributed by atoms with E-state index in [0.717, 1.165) is 0 Å². The molecule has 2 unspecified atom stereocenters. The molecule has 18 heavy (non-hydrogen) atoms. The summed E-state index contributed by atoms with van der Waals surface area (Å²) in [6.07, 6.45) is -2.37. The van der Waals surface area contributed by atoms with Crippen molar-refractivity contribution in [2.24, 2.45) is 5.11 Å². The van der Waals surface area contributed by atoms with E-state index in [1.165, 1.54) is 13.2 Å². The molecule has 7 heteroatoms. The lowest BCUT2D eigenvalue weighted by atomic mass is 10.0. The summed E-state index contributed by atoms with van der Waals surface area (Å²) < 4.78 is 5.05. The standard InChI is InChI=1S/C11H15N3O4/c1-18-10-4-7(2-3-8(10)6-15)11(17)9(16)5-13-14-12/h2-4,9,11,15-17H,5-6H2,1H3. The predicted octanol–water partition coefficient (Wildman–Crippen LogP) is 0.892. The molecule has 3 N–H and O–H groups in total. The Morgan fingerprint density at radius 2 is 2.17 bits per heavy atom. The fraction of sp³-hybridized carbons (Fsp3) is 0.455. The summed E-state index contributed by atoms with van der Waals surface area (Å²) in [6.45, 7) is -0.400. The van der Waals surface area contributed by atoms with Crippen LogP contribution < -0.4 is 4.74 Å². The molecule has 0 spiro atoms. The van der Waals surface area contributed by atoms with Crippen LogP contribution in [0, 0.1) is 0 Å². The number of ether oxygens (including phenoxy) is 1. The largest absolute Gasteiger partial charge is 0.496 e. The number of rotatable bonds is 6. The zero-order valence-electron chi connectivity index (χ0n) is 9.89. The first-order valence-corrected chi connectivity index (χ1v) is 5.28. The van der Waals surface area contributed by atoms with Gasteiger partial charge >= 0.3 is 0 Å². The fourth-order valence-corrected chi connectivity index (χ4v) is 1.52. The number of hydrogen-bond acceptors (Lipinski definition) is 5. The fourth-order valence-electron chi connectivity index (χ4n) is 1.52. The highest BCUT2D eigenvalue weighted by Crippen LogP contribution is 2.25. The molecule has 0 aliphatic carbocycles. The third-order valence-corrected chi connectivity index (χ3v) is 2.52. The first kappa shape index (κ1) is 14.3. The van der Waals surface area contributed by atoms with Gasteiger partial charge in [0.05, 0.1) is 26.4 Å². The van der Waals surface area contributed by atoms with Crippen molar-refractivity contribution in [1.29, 1.82) is 0 Å². The van der Waals surface area contributed by atoms with Gasteiger partial charge in [0.15, 0.2) is 0 Å². The highest BCUT2D eigenvalue weighted by molar-refractivity contribution is 5.38. The summed E-state index contributed by atoms with van der Waals surface area (Å²) in [7, 11) is 1.45. The lowest BCUT2D eigenvalue weighted by Gasteiger charge is -2.17. The van der Waals surface area contributed by atoms with Crippen molar-refractivity contribution in [3.05, 3.63) is 39.8 Å². The lowest BCUT2D eigenvalue weighted by Crippen LogP contribution is -2.21. The number of nitrogens with zero attached hydrogens (tertiary/aromatic N) is 3. The van der Waals surface area contributed by atoms with E-state index in [2.05, 4.69) is 10.0 Å². The Balaban J connectivity index is 2.91. The molecular weight excluding hydrogens is 238 g/mol. The molecule has 0 saturated carbocycles. The predicted molar refractivity (Wildman–Crippen MR) is 63.9 cm³/mol. The van der Waals surface area contributed by atoms with E-state index in [1.807, 2.05) is 0 Å². The normalized spacial score (nSPS) is 13.6. The molecule has 0 aromatic heterocycles. The third-order valence-electron chi connectivity index (χ3n) is 2.52. The molecule has 0 aliphatic rings. The Morgan fingerprint density at radius 1 is 1.44 bits per heavy atom. The van der Waals surface area contributed by atoms with Gasteiger partial charge < -0.3 is 20.1 Å². The number of benzene rings is 1. The molecule has 0 heterocycles. The molecule has 0 fully saturated rings. The van der Waals surface area contributed by atoms with E-state index in [1.54, 1.807) is 12.1 Å². The van der Waals surface area contributed by atoms with Crippen molar-refractivity contribution in [3.63, 3.8) is 0 Å². The zero-order chi connectivity index (χ0) is 13.5. The zero-order valence-corrected chi connectivity index (χ0v) is 9.89. The second kappa shape index (κ2) is 6.83. The maximum atomic E-state index is 9.85. The van der Waals surface area contributed by atoms with Gasteiger partial charge in [-0.25, -0.2) is 0 Å². The third kappa shape index (κ3) is 3.35. The summed E-state index contributed by atoms with van der Waals surface area (Å²) in [4.78, 5) is 2.51. The van der Waals surface area contributed by atoms with Crippen LogP contribution in [0.15, 0.2) is 23.3 Å². The lowest BCUT2D eigenvalue weighted by molar-refractivity contribution is 0.0243. The van der Waals surface area contributed by atoms with Gasteiger partial charge in [-0.2, -0.15) is 0 Å². The van der Waals surface area contributed by atoms with Crippen LogP contribution in [0.1, 0.15) is 17.2 Å². The van der Waals surface area contributed by atoms with Crippen LogP contribution in [0.5, 0.6) is 5.75 Å². The van der Waals surface area contributed by atoms with Crippen LogP contribution in [0.25, 0.3) is 10.4 Å². The molecule has 1 aromatic carbocycles. The molecule has 1 rings (SSSR count). The molecule has 0 bridgehead atoms. The molecule has 0 aliphatic heterocycles. The highest BCUT2D eigenvalue weighted by atomic mass is 16.5.